The van der Waals surface area contributed by atoms with Gasteiger partial charge in [-0.1, -0.05) is 54.6 Å². The van der Waals surface area contributed by atoms with Crippen LogP contribution in [-0.2, 0) is 14.3 Å². The molecule has 6 rings (SSSR count). The SMILES string of the molecule is C=CC1=C(C)c2cc3[n-]c(cc4nc(c5c6[n-]c(cc1n2)c(C)c6C(=O)C5C(=O)OC)C(/C=C/C(=O)O)=C4C)c(C)c3C=C.[Mg+2]. The van der Waals surface area contributed by atoms with E-state index in [1.54, 1.807) is 32.1 Å². The summed E-state index contributed by atoms with van der Waals surface area (Å²) in [7, 11) is 1.22. The number of ketones is 1. The summed E-state index contributed by atoms with van der Waals surface area (Å²) in [6.45, 7) is 15.5. The number of carboxylic acid groups (broad SMARTS) is 1. The van der Waals surface area contributed by atoms with E-state index < -0.39 is 23.6 Å². The van der Waals surface area contributed by atoms with E-state index in [2.05, 4.69) is 13.2 Å². The molecule has 1 N–H and O–H groups in total. The van der Waals surface area contributed by atoms with Gasteiger partial charge in [0.25, 0.3) is 0 Å². The molecular formula is C35H28MgN4O5. The molecule has 8 bridgehead atoms. The zero-order valence-corrected chi connectivity index (χ0v) is 27.0. The Balaban J connectivity index is 0.00000400. The van der Waals surface area contributed by atoms with E-state index in [9.17, 15) is 19.5 Å². The van der Waals surface area contributed by atoms with E-state index in [0.717, 1.165) is 28.3 Å². The first-order valence-electron chi connectivity index (χ1n) is 13.9. The maximum Gasteiger partial charge on any atom is 2.00 e. The first-order valence-corrected chi connectivity index (χ1v) is 13.9. The summed E-state index contributed by atoms with van der Waals surface area (Å²) in [5, 5.41) is 9.47. The quantitative estimate of drug-likeness (QED) is 0.170. The maximum absolute atomic E-state index is 13.9. The minimum atomic E-state index is -1.31. The van der Waals surface area contributed by atoms with Crippen molar-refractivity contribution in [3.63, 3.8) is 0 Å². The molecule has 1 atom stereocenters. The van der Waals surface area contributed by atoms with Crippen LogP contribution in [0.4, 0.5) is 0 Å². The number of esters is 1. The van der Waals surface area contributed by atoms with Gasteiger partial charge in [-0.15, -0.1) is 22.1 Å². The van der Waals surface area contributed by atoms with Gasteiger partial charge in [0.15, 0.2) is 5.78 Å². The van der Waals surface area contributed by atoms with Gasteiger partial charge in [-0.2, -0.15) is 0 Å². The molecule has 0 spiro atoms. The molecule has 220 valence electrons. The van der Waals surface area contributed by atoms with Gasteiger partial charge in [0.05, 0.1) is 29.9 Å². The number of fused-ring (bicyclic) bond motifs is 8. The minimum absolute atomic E-state index is 0. The Morgan fingerprint density at radius 2 is 1.51 bits per heavy atom. The van der Waals surface area contributed by atoms with Crippen molar-refractivity contribution in [1.82, 2.24) is 19.9 Å². The first kappa shape index (κ1) is 31.6. The number of carboxylic acids is 1. The molecule has 0 saturated carbocycles. The van der Waals surface area contributed by atoms with Crippen molar-refractivity contribution in [3.8, 4) is 0 Å². The normalized spacial score (nSPS) is 15.5. The number of nitrogens with zero attached hydrogens (tertiary/aromatic N) is 4. The van der Waals surface area contributed by atoms with Crippen LogP contribution in [0.1, 0.15) is 75.2 Å². The van der Waals surface area contributed by atoms with Crippen LogP contribution in [0.5, 0.6) is 0 Å². The van der Waals surface area contributed by atoms with Gasteiger partial charge in [-0.25, -0.2) is 14.8 Å². The van der Waals surface area contributed by atoms with Crippen molar-refractivity contribution in [2.24, 2.45) is 0 Å². The summed E-state index contributed by atoms with van der Waals surface area (Å²) in [6, 6.07) is 5.52. The molecule has 0 fully saturated rings. The third kappa shape index (κ3) is 4.81. The second-order valence-electron chi connectivity index (χ2n) is 10.8. The molecule has 1 unspecified atom stereocenters. The van der Waals surface area contributed by atoms with Crippen LogP contribution in [-0.4, -0.2) is 63.0 Å². The fourth-order valence-corrected chi connectivity index (χ4v) is 6.10. The van der Waals surface area contributed by atoms with E-state index in [4.69, 9.17) is 24.7 Å². The summed E-state index contributed by atoms with van der Waals surface area (Å²) in [6.07, 6.45) is 5.91. The van der Waals surface area contributed by atoms with E-state index in [1.807, 2.05) is 26.0 Å². The van der Waals surface area contributed by atoms with Crippen molar-refractivity contribution in [2.45, 2.75) is 33.6 Å². The minimum Gasteiger partial charge on any atom is -0.657 e. The number of rotatable bonds is 5. The van der Waals surface area contributed by atoms with Gasteiger partial charge in [0.1, 0.15) is 5.92 Å². The number of aryl methyl sites for hydroxylation is 2. The Kier molecular flexibility index (Phi) is 8.15. The smallest absolute Gasteiger partial charge is 0.657 e. The largest absolute Gasteiger partial charge is 2.00 e. The summed E-state index contributed by atoms with van der Waals surface area (Å²) in [4.78, 5) is 58.2. The number of hydrogen-bond acceptors (Lipinski definition) is 6. The molecule has 9 nitrogen and oxygen atoms in total. The van der Waals surface area contributed by atoms with Gasteiger partial charge in [-0.3, -0.25) is 9.59 Å². The Morgan fingerprint density at radius 1 is 0.889 bits per heavy atom. The van der Waals surface area contributed by atoms with Crippen LogP contribution < -0.4 is 9.97 Å². The topological polar surface area (TPSA) is 135 Å². The number of aliphatic carboxylic acids is 1. The average Bonchev–Trinajstić information content (AvgIpc) is 3.72. The van der Waals surface area contributed by atoms with Crippen LogP contribution in [0, 0.1) is 13.8 Å². The Hall–Kier alpha value is -4.80. The number of methoxy groups -OCH3 is 1. The van der Waals surface area contributed by atoms with E-state index in [-0.39, 0.29) is 34.3 Å². The monoisotopic (exact) mass is 608 g/mol. The van der Waals surface area contributed by atoms with Crippen molar-refractivity contribution in [2.75, 3.05) is 7.11 Å². The molecule has 0 amide bonds. The Labute approximate surface area is 275 Å². The third-order valence-electron chi connectivity index (χ3n) is 8.48. The van der Waals surface area contributed by atoms with E-state index in [1.165, 1.54) is 13.2 Å². The van der Waals surface area contributed by atoms with E-state index in [0.29, 0.717) is 61.4 Å². The fourth-order valence-electron chi connectivity index (χ4n) is 6.10. The summed E-state index contributed by atoms with van der Waals surface area (Å²) in [5.41, 5.74) is 9.96. The zero-order chi connectivity index (χ0) is 31.6. The predicted molar refractivity (Wildman–Crippen MR) is 175 cm³/mol. The van der Waals surface area contributed by atoms with Crippen LogP contribution in [0.3, 0.4) is 0 Å². The molecule has 0 radical (unpaired) electrons. The number of hydrogen-bond donors (Lipinski definition) is 1. The summed E-state index contributed by atoms with van der Waals surface area (Å²) < 4.78 is 5.07. The third-order valence-corrected chi connectivity index (χ3v) is 8.48. The van der Waals surface area contributed by atoms with Gasteiger partial charge < -0.3 is 19.8 Å². The van der Waals surface area contributed by atoms with Gasteiger partial charge in [0.2, 0.25) is 0 Å². The standard InChI is InChI=1S/C35H30N4O5.Mg/c1-8-19-15(3)22-12-24-17(5)21(10-11-28(40)41)32(38-24)30-31(35(43)44-7)34(42)29-18(6)25(39-33(29)30)14-27-20(9-2)16(4)23(37-27)13-26(19)36-22;/h8-14,31H,1-2H2,3-7H3,(H3,36,37,38,39,40,41,42);/q;+2/p-2/b11-10+,22-12?,23-13?,24-12?,25-14?,26-13?,27-14?,32-30?;. The second-order valence-corrected chi connectivity index (χ2v) is 10.8. The number of carbonyl (C=O) groups excluding carboxylic acids is 2. The Bertz CT molecular complexity index is 2160. The second kappa shape index (κ2) is 11.6. The average molecular weight is 609 g/mol. The van der Waals surface area contributed by atoms with Gasteiger partial charge >= 0.3 is 35.0 Å². The molecule has 1 aliphatic carbocycles. The number of aromatic nitrogens is 4. The maximum atomic E-state index is 13.9. The molecule has 5 heterocycles. The molecule has 3 aliphatic rings. The molecule has 0 saturated heterocycles. The van der Waals surface area contributed by atoms with Crippen LogP contribution in [0.25, 0.3) is 50.4 Å². The number of ether oxygens (including phenoxy) is 1. The van der Waals surface area contributed by atoms with E-state index >= 15 is 0 Å². The molecule has 0 aromatic carbocycles. The van der Waals surface area contributed by atoms with Crippen LogP contribution in [0.2, 0.25) is 0 Å². The number of allylic oxidation sites excluding steroid dienone is 6. The zero-order valence-electron chi connectivity index (χ0n) is 25.6. The van der Waals surface area contributed by atoms with Crippen molar-refractivity contribution in [1.29, 1.82) is 0 Å². The molecule has 2 aliphatic heterocycles. The molecule has 45 heavy (non-hydrogen) atoms. The van der Waals surface area contributed by atoms with Crippen molar-refractivity contribution in [3.05, 3.63) is 100 Å². The summed E-state index contributed by atoms with van der Waals surface area (Å²) >= 11 is 0. The van der Waals surface area contributed by atoms with Crippen molar-refractivity contribution < 1.29 is 24.2 Å². The van der Waals surface area contributed by atoms with Gasteiger partial charge in [0, 0.05) is 22.8 Å². The molecule has 3 aromatic rings. The molecular weight excluding hydrogens is 581 g/mol. The number of Topliss-reactive ketones (excluding diaryl/α,β-unsaturated/α-hetero) is 1. The first-order chi connectivity index (χ1) is 21.0. The molecule has 3 aromatic heterocycles. The summed E-state index contributed by atoms with van der Waals surface area (Å²) in [5.74, 6) is -3.68. The predicted octanol–water partition coefficient (Wildman–Crippen LogP) is 5.59. The Morgan fingerprint density at radius 3 is 2.16 bits per heavy atom. The fraction of sp³-hybridized carbons (Fsp3) is 0.171. The number of carbonyl (C=O) groups is 3. The van der Waals surface area contributed by atoms with Crippen LogP contribution >= 0.6 is 0 Å². The van der Waals surface area contributed by atoms with Crippen molar-refractivity contribution >= 4 is 91.2 Å². The van der Waals surface area contributed by atoms with Gasteiger partial charge in [-0.05, 0) is 56.0 Å². The van der Waals surface area contributed by atoms with Crippen LogP contribution in [0.15, 0.2) is 49.6 Å². The molecule has 10 heteroatoms.